The van der Waals surface area contributed by atoms with E-state index in [0.717, 1.165) is 5.56 Å². The van der Waals surface area contributed by atoms with E-state index in [4.69, 9.17) is 43.0 Å². The average Bonchev–Trinajstić information content (AvgIpc) is 2.99. The Labute approximate surface area is 157 Å². The van der Waals surface area contributed by atoms with Crippen LogP contribution in [0, 0.1) is 0 Å². The molecule has 1 unspecified atom stereocenters. The lowest BCUT2D eigenvalue weighted by Crippen LogP contribution is -2.09. The van der Waals surface area contributed by atoms with Crippen LogP contribution in [-0.2, 0) is 20.9 Å². The van der Waals surface area contributed by atoms with Crippen molar-refractivity contribution in [1.82, 2.24) is 9.55 Å². The maximum Gasteiger partial charge on any atom is 0.414 e. The van der Waals surface area contributed by atoms with Crippen molar-refractivity contribution in [3.05, 3.63) is 52.5 Å². The van der Waals surface area contributed by atoms with Crippen molar-refractivity contribution in [3.8, 4) is 0 Å². The number of aliphatic carboxylic acids is 2. The number of carbonyl (C=O) groups excluding carboxylic acids is 1. The molecule has 0 saturated carbocycles. The highest BCUT2D eigenvalue weighted by atomic mass is 35.5. The van der Waals surface area contributed by atoms with E-state index in [9.17, 15) is 4.79 Å². The van der Waals surface area contributed by atoms with Gasteiger partial charge in [-0.15, -0.1) is 0 Å². The average molecular weight is 405 g/mol. The Morgan fingerprint density at radius 3 is 2.32 bits per heavy atom. The van der Waals surface area contributed by atoms with E-state index in [1.54, 1.807) is 31.6 Å². The van der Waals surface area contributed by atoms with Crippen LogP contribution in [0.15, 0.2) is 36.9 Å². The molecule has 0 bridgehead atoms. The standard InChI is InChI=1S/C13H12Cl2N2OS.C2H2O4/c1-9(18)19-13(7-17-5-4-16-8-17)11-3-2-10(14)6-12(11)15;3-1(4)2(5)6/h2-6,8,13H,7H2,1H3;(H,3,4)(H,5,6). The molecule has 2 N–H and O–H groups in total. The number of halogens is 2. The van der Waals surface area contributed by atoms with Gasteiger partial charge in [0.1, 0.15) is 0 Å². The summed E-state index contributed by atoms with van der Waals surface area (Å²) >= 11 is 13.4. The third-order valence-electron chi connectivity index (χ3n) is 2.74. The number of rotatable bonds is 4. The van der Waals surface area contributed by atoms with E-state index in [-0.39, 0.29) is 10.4 Å². The summed E-state index contributed by atoms with van der Waals surface area (Å²) in [5.74, 6) is -3.65. The van der Waals surface area contributed by atoms with Gasteiger partial charge in [-0.2, -0.15) is 0 Å². The second kappa shape index (κ2) is 10.1. The number of hydrogen-bond acceptors (Lipinski definition) is 5. The minimum Gasteiger partial charge on any atom is -0.473 e. The molecule has 1 aromatic heterocycles. The largest absolute Gasteiger partial charge is 0.473 e. The van der Waals surface area contributed by atoms with Gasteiger partial charge in [-0.3, -0.25) is 4.79 Å². The number of nitrogens with zero attached hydrogens (tertiary/aromatic N) is 2. The molecule has 1 heterocycles. The molecule has 2 aromatic rings. The quantitative estimate of drug-likeness (QED) is 0.751. The summed E-state index contributed by atoms with van der Waals surface area (Å²) in [5.41, 5.74) is 0.903. The minimum atomic E-state index is -1.82. The van der Waals surface area contributed by atoms with Gasteiger partial charge in [0.05, 0.1) is 11.6 Å². The Morgan fingerprint density at radius 1 is 1.24 bits per heavy atom. The van der Waals surface area contributed by atoms with Crippen molar-refractivity contribution in [1.29, 1.82) is 0 Å². The molecule has 10 heteroatoms. The van der Waals surface area contributed by atoms with E-state index in [1.807, 2.05) is 16.8 Å². The number of aromatic nitrogens is 2. The number of carboxylic acids is 2. The van der Waals surface area contributed by atoms with Crippen LogP contribution in [0.5, 0.6) is 0 Å². The predicted molar refractivity (Wildman–Crippen MR) is 95.0 cm³/mol. The maximum absolute atomic E-state index is 11.4. The molecular formula is C15H14Cl2N2O5S. The number of imidazole rings is 1. The molecule has 0 fully saturated rings. The fourth-order valence-electron chi connectivity index (χ4n) is 1.75. The summed E-state index contributed by atoms with van der Waals surface area (Å²) in [4.78, 5) is 33.6. The number of benzene rings is 1. The first-order chi connectivity index (χ1) is 11.7. The van der Waals surface area contributed by atoms with Crippen LogP contribution in [0.1, 0.15) is 17.7 Å². The molecule has 0 aliphatic carbocycles. The van der Waals surface area contributed by atoms with E-state index in [0.29, 0.717) is 16.6 Å². The van der Waals surface area contributed by atoms with Crippen molar-refractivity contribution in [2.75, 3.05) is 0 Å². The Hall–Kier alpha value is -2.03. The number of carbonyl (C=O) groups is 3. The van der Waals surface area contributed by atoms with E-state index in [2.05, 4.69) is 4.98 Å². The zero-order valence-electron chi connectivity index (χ0n) is 12.9. The van der Waals surface area contributed by atoms with Gasteiger partial charge in [-0.25, -0.2) is 14.6 Å². The Morgan fingerprint density at radius 2 is 1.88 bits per heavy atom. The first kappa shape index (κ1) is 21.0. The van der Waals surface area contributed by atoms with Gasteiger partial charge >= 0.3 is 11.9 Å². The molecular weight excluding hydrogens is 391 g/mol. The van der Waals surface area contributed by atoms with Crippen LogP contribution in [-0.4, -0.2) is 36.8 Å². The smallest absolute Gasteiger partial charge is 0.414 e. The summed E-state index contributed by atoms with van der Waals surface area (Å²) in [7, 11) is 0. The first-order valence-electron chi connectivity index (χ1n) is 6.74. The maximum atomic E-state index is 11.4. The summed E-state index contributed by atoms with van der Waals surface area (Å²) in [6.45, 7) is 2.18. The van der Waals surface area contributed by atoms with E-state index >= 15 is 0 Å². The van der Waals surface area contributed by atoms with Crippen LogP contribution in [0.4, 0.5) is 0 Å². The van der Waals surface area contributed by atoms with Gasteiger partial charge in [0.25, 0.3) is 0 Å². The number of thioether (sulfide) groups is 1. The molecule has 134 valence electrons. The van der Waals surface area contributed by atoms with E-state index < -0.39 is 11.9 Å². The zero-order chi connectivity index (χ0) is 19.0. The highest BCUT2D eigenvalue weighted by Gasteiger charge is 2.18. The Balaban J connectivity index is 0.000000450. The first-order valence-corrected chi connectivity index (χ1v) is 8.38. The Bertz CT molecular complexity index is 740. The summed E-state index contributed by atoms with van der Waals surface area (Å²) < 4.78 is 1.92. The third kappa shape index (κ3) is 7.59. The molecule has 7 nitrogen and oxygen atoms in total. The Kier molecular flexibility index (Phi) is 8.47. The molecule has 0 amide bonds. The fraction of sp³-hybridized carbons (Fsp3) is 0.200. The lowest BCUT2D eigenvalue weighted by Gasteiger charge is -2.17. The normalized spacial score (nSPS) is 11.2. The second-order valence-corrected chi connectivity index (χ2v) is 6.86. The molecule has 1 aromatic carbocycles. The van der Waals surface area contributed by atoms with Crippen molar-refractivity contribution < 1.29 is 24.6 Å². The van der Waals surface area contributed by atoms with Crippen LogP contribution < -0.4 is 0 Å². The number of hydrogen-bond donors (Lipinski definition) is 2. The van der Waals surface area contributed by atoms with Gasteiger partial charge in [0.2, 0.25) is 0 Å². The highest BCUT2D eigenvalue weighted by molar-refractivity contribution is 8.13. The molecule has 2 rings (SSSR count). The van der Waals surface area contributed by atoms with Crippen molar-refractivity contribution in [2.45, 2.75) is 18.7 Å². The predicted octanol–water partition coefficient (Wildman–Crippen LogP) is 3.37. The topological polar surface area (TPSA) is 109 Å². The number of carboxylic acid groups (broad SMARTS) is 2. The monoisotopic (exact) mass is 404 g/mol. The van der Waals surface area contributed by atoms with E-state index in [1.165, 1.54) is 11.8 Å². The molecule has 0 aliphatic heterocycles. The van der Waals surface area contributed by atoms with Gasteiger partial charge in [-0.05, 0) is 17.7 Å². The van der Waals surface area contributed by atoms with Gasteiger partial charge < -0.3 is 14.8 Å². The van der Waals surface area contributed by atoms with Gasteiger partial charge in [-0.1, -0.05) is 41.0 Å². The lowest BCUT2D eigenvalue weighted by atomic mass is 10.1. The molecule has 0 radical (unpaired) electrons. The zero-order valence-corrected chi connectivity index (χ0v) is 15.3. The lowest BCUT2D eigenvalue weighted by molar-refractivity contribution is -0.159. The van der Waals surface area contributed by atoms with Crippen LogP contribution in [0.2, 0.25) is 10.0 Å². The summed E-state index contributed by atoms with van der Waals surface area (Å²) in [5, 5.41) is 15.9. The molecule has 0 spiro atoms. The van der Waals surface area contributed by atoms with Crippen molar-refractivity contribution in [2.24, 2.45) is 0 Å². The minimum absolute atomic E-state index is 0.0520. The van der Waals surface area contributed by atoms with Crippen molar-refractivity contribution >= 4 is 52.0 Å². The van der Waals surface area contributed by atoms with Crippen LogP contribution >= 0.6 is 35.0 Å². The van der Waals surface area contributed by atoms with Gasteiger partial charge in [0.15, 0.2) is 5.12 Å². The molecule has 0 saturated heterocycles. The van der Waals surface area contributed by atoms with Crippen LogP contribution in [0.3, 0.4) is 0 Å². The second-order valence-electron chi connectivity index (χ2n) is 4.63. The highest BCUT2D eigenvalue weighted by Crippen LogP contribution is 2.36. The SMILES string of the molecule is CC(=O)SC(Cn1ccnc1)c1ccc(Cl)cc1Cl.O=C(O)C(=O)O. The van der Waals surface area contributed by atoms with Crippen LogP contribution in [0.25, 0.3) is 0 Å². The molecule has 0 aliphatic rings. The summed E-state index contributed by atoms with van der Waals surface area (Å²) in [6.07, 6.45) is 5.29. The third-order valence-corrected chi connectivity index (χ3v) is 4.32. The fourth-order valence-corrected chi connectivity index (χ4v) is 3.33. The van der Waals surface area contributed by atoms with Crippen molar-refractivity contribution in [3.63, 3.8) is 0 Å². The molecule has 25 heavy (non-hydrogen) atoms. The summed E-state index contributed by atoms with van der Waals surface area (Å²) in [6, 6.07) is 5.34. The van der Waals surface area contributed by atoms with Gasteiger partial charge in [0, 0.05) is 35.9 Å². The molecule has 1 atom stereocenters.